The number of carbonyl (C=O) groups excluding carboxylic acids is 1. The van der Waals surface area contributed by atoms with E-state index in [4.69, 9.17) is 11.6 Å². The maximum atomic E-state index is 11.9. The van der Waals surface area contributed by atoms with Gasteiger partial charge in [-0.2, -0.15) is 5.10 Å². The number of thiophene rings is 1. The molecule has 6 nitrogen and oxygen atoms in total. The molecule has 2 aromatic heterocycles. The van der Waals surface area contributed by atoms with Gasteiger partial charge in [0.2, 0.25) is 0 Å². The highest BCUT2D eigenvalue weighted by Crippen LogP contribution is 2.24. The first-order valence-electron chi connectivity index (χ1n) is 7.84. The van der Waals surface area contributed by atoms with Gasteiger partial charge in [-0.05, 0) is 42.6 Å². The largest absolute Gasteiger partial charge is 0.302 e. The number of aromatic nitrogens is 3. The number of nitrogens with zero attached hydrogens (tertiary/aromatic N) is 4. The molecule has 0 atom stereocenters. The fourth-order valence-corrected chi connectivity index (χ4v) is 3.69. The van der Waals surface area contributed by atoms with Crippen LogP contribution in [-0.4, -0.2) is 32.6 Å². The predicted molar refractivity (Wildman–Crippen MR) is 107 cm³/mol. The van der Waals surface area contributed by atoms with E-state index < -0.39 is 0 Å². The second-order valence-corrected chi connectivity index (χ2v) is 7.51. The molecule has 0 radical (unpaired) electrons. The molecule has 0 aliphatic rings. The second-order valence-electron chi connectivity index (χ2n) is 5.15. The average Bonchev–Trinajstić information content (AvgIpc) is 3.30. The van der Waals surface area contributed by atoms with E-state index in [1.807, 2.05) is 53.3 Å². The Balaban J connectivity index is 1.61. The lowest BCUT2D eigenvalue weighted by atomic mass is 10.2. The number of thioether (sulfide) groups is 1. The van der Waals surface area contributed by atoms with Crippen LogP contribution in [0.2, 0.25) is 5.02 Å². The number of halogens is 1. The first-order valence-corrected chi connectivity index (χ1v) is 10.1. The summed E-state index contributed by atoms with van der Waals surface area (Å²) >= 11 is 8.82. The van der Waals surface area contributed by atoms with Crippen LogP contribution in [0.1, 0.15) is 11.8 Å². The van der Waals surface area contributed by atoms with E-state index in [-0.39, 0.29) is 11.7 Å². The Bertz CT molecular complexity index is 891. The molecule has 1 amide bonds. The van der Waals surface area contributed by atoms with Crippen LogP contribution in [0.3, 0.4) is 0 Å². The molecule has 3 rings (SSSR count). The van der Waals surface area contributed by atoms with E-state index in [2.05, 4.69) is 20.7 Å². The standard InChI is InChI=1S/C17H16ClN5OS2/c1-2-23-16(12-5-7-13(18)8-6-12)21-22-17(23)26-11-15(24)20-19-10-14-4-3-9-25-14/h3-10H,2,11H2,1H3,(H,20,24)/b19-10-. The van der Waals surface area contributed by atoms with Gasteiger partial charge in [0.1, 0.15) is 0 Å². The third kappa shape index (κ3) is 4.72. The number of rotatable bonds is 7. The fourth-order valence-electron chi connectivity index (χ4n) is 2.19. The summed E-state index contributed by atoms with van der Waals surface area (Å²) in [4.78, 5) is 12.9. The molecule has 2 heterocycles. The van der Waals surface area contributed by atoms with Crippen molar-refractivity contribution in [2.75, 3.05) is 5.75 Å². The van der Waals surface area contributed by atoms with Gasteiger partial charge in [0, 0.05) is 22.0 Å². The molecule has 0 saturated heterocycles. The molecule has 0 aliphatic carbocycles. The van der Waals surface area contributed by atoms with Crippen molar-refractivity contribution in [3.05, 3.63) is 51.7 Å². The van der Waals surface area contributed by atoms with Gasteiger partial charge in [-0.25, -0.2) is 5.43 Å². The topological polar surface area (TPSA) is 72.2 Å². The van der Waals surface area contributed by atoms with E-state index in [0.29, 0.717) is 16.7 Å². The Labute approximate surface area is 164 Å². The molecule has 3 aromatic rings. The van der Waals surface area contributed by atoms with Gasteiger partial charge in [0.25, 0.3) is 5.91 Å². The van der Waals surface area contributed by atoms with Crippen molar-refractivity contribution in [2.24, 2.45) is 5.10 Å². The molecule has 1 N–H and O–H groups in total. The highest BCUT2D eigenvalue weighted by atomic mass is 35.5. The highest BCUT2D eigenvalue weighted by molar-refractivity contribution is 7.99. The molecule has 9 heteroatoms. The maximum absolute atomic E-state index is 11.9. The van der Waals surface area contributed by atoms with Gasteiger partial charge in [0.05, 0.1) is 12.0 Å². The normalized spacial score (nSPS) is 11.2. The summed E-state index contributed by atoms with van der Waals surface area (Å²) in [5.74, 6) is 0.768. The zero-order valence-electron chi connectivity index (χ0n) is 13.9. The van der Waals surface area contributed by atoms with Crippen LogP contribution in [0.4, 0.5) is 0 Å². The van der Waals surface area contributed by atoms with Gasteiger partial charge >= 0.3 is 0 Å². The molecule has 0 unspecified atom stereocenters. The van der Waals surface area contributed by atoms with Crippen LogP contribution in [0.5, 0.6) is 0 Å². The molecule has 0 fully saturated rings. The molecule has 0 saturated carbocycles. The van der Waals surface area contributed by atoms with Gasteiger partial charge in [-0.15, -0.1) is 21.5 Å². The van der Waals surface area contributed by atoms with Crippen LogP contribution in [-0.2, 0) is 11.3 Å². The fraction of sp³-hybridized carbons (Fsp3) is 0.176. The van der Waals surface area contributed by atoms with Crippen molar-refractivity contribution < 1.29 is 4.79 Å². The van der Waals surface area contributed by atoms with Gasteiger partial charge in [-0.1, -0.05) is 29.4 Å². The van der Waals surface area contributed by atoms with E-state index in [1.54, 1.807) is 17.6 Å². The summed E-state index contributed by atoms with van der Waals surface area (Å²) in [6, 6.07) is 11.3. The summed E-state index contributed by atoms with van der Waals surface area (Å²) in [7, 11) is 0. The van der Waals surface area contributed by atoms with Gasteiger partial charge < -0.3 is 4.57 Å². The van der Waals surface area contributed by atoms with E-state index in [0.717, 1.165) is 16.3 Å². The van der Waals surface area contributed by atoms with E-state index in [1.165, 1.54) is 11.8 Å². The van der Waals surface area contributed by atoms with Crippen LogP contribution in [0, 0.1) is 0 Å². The Kier molecular flexibility index (Phi) is 6.43. The minimum absolute atomic E-state index is 0.193. The van der Waals surface area contributed by atoms with Crippen molar-refractivity contribution in [1.82, 2.24) is 20.2 Å². The third-order valence-electron chi connectivity index (χ3n) is 3.39. The summed E-state index contributed by atoms with van der Waals surface area (Å²) < 4.78 is 1.97. The number of benzene rings is 1. The second kappa shape index (κ2) is 8.98. The zero-order valence-corrected chi connectivity index (χ0v) is 16.3. The summed E-state index contributed by atoms with van der Waals surface area (Å²) in [6.07, 6.45) is 1.63. The minimum Gasteiger partial charge on any atom is -0.302 e. The molecule has 26 heavy (non-hydrogen) atoms. The quantitative estimate of drug-likeness (QED) is 0.367. The minimum atomic E-state index is -0.193. The van der Waals surface area contributed by atoms with Gasteiger partial charge in [0.15, 0.2) is 11.0 Å². The lowest BCUT2D eigenvalue weighted by Gasteiger charge is -2.07. The van der Waals surface area contributed by atoms with Crippen molar-refractivity contribution in [3.63, 3.8) is 0 Å². The van der Waals surface area contributed by atoms with E-state index in [9.17, 15) is 4.79 Å². The maximum Gasteiger partial charge on any atom is 0.250 e. The number of hydrogen-bond acceptors (Lipinski definition) is 6. The molecule has 134 valence electrons. The summed E-state index contributed by atoms with van der Waals surface area (Å²) in [5, 5.41) is 15.7. The number of hydrazone groups is 1. The lowest BCUT2D eigenvalue weighted by molar-refractivity contribution is -0.118. The first kappa shape index (κ1) is 18.6. The number of nitrogens with one attached hydrogen (secondary N) is 1. The SMILES string of the molecule is CCn1c(SCC(=O)N/N=C\c2cccs2)nnc1-c1ccc(Cl)cc1. The van der Waals surface area contributed by atoms with Crippen molar-refractivity contribution in [2.45, 2.75) is 18.6 Å². The van der Waals surface area contributed by atoms with Crippen LogP contribution in [0.15, 0.2) is 52.0 Å². The third-order valence-corrected chi connectivity index (χ3v) is 5.42. The Morgan fingerprint density at radius 1 is 1.35 bits per heavy atom. The van der Waals surface area contributed by atoms with E-state index >= 15 is 0 Å². The molecule has 0 spiro atoms. The number of amides is 1. The molecule has 0 bridgehead atoms. The monoisotopic (exact) mass is 405 g/mol. The Morgan fingerprint density at radius 3 is 2.85 bits per heavy atom. The van der Waals surface area contributed by atoms with Crippen molar-refractivity contribution in [1.29, 1.82) is 0 Å². The van der Waals surface area contributed by atoms with Crippen molar-refractivity contribution >= 4 is 46.8 Å². The highest BCUT2D eigenvalue weighted by Gasteiger charge is 2.14. The predicted octanol–water partition coefficient (Wildman–Crippen LogP) is 3.92. The van der Waals surface area contributed by atoms with Crippen molar-refractivity contribution in [3.8, 4) is 11.4 Å². The smallest absolute Gasteiger partial charge is 0.250 e. The molecular weight excluding hydrogens is 390 g/mol. The Morgan fingerprint density at radius 2 is 2.15 bits per heavy atom. The number of hydrogen-bond donors (Lipinski definition) is 1. The van der Waals surface area contributed by atoms with Crippen LogP contribution < -0.4 is 5.43 Å². The van der Waals surface area contributed by atoms with Crippen LogP contribution >= 0.6 is 34.7 Å². The summed E-state index contributed by atoms with van der Waals surface area (Å²) in [6.45, 7) is 2.71. The zero-order chi connectivity index (χ0) is 18.4. The molecule has 0 aliphatic heterocycles. The summed E-state index contributed by atoms with van der Waals surface area (Å²) in [5.41, 5.74) is 3.45. The average molecular weight is 406 g/mol. The molecular formula is C17H16ClN5OS2. The Hall–Kier alpha value is -2.16. The molecule has 1 aromatic carbocycles. The number of carbonyl (C=O) groups is 1. The first-order chi connectivity index (χ1) is 12.7. The lowest BCUT2D eigenvalue weighted by Crippen LogP contribution is -2.19. The van der Waals surface area contributed by atoms with Crippen LogP contribution in [0.25, 0.3) is 11.4 Å². The van der Waals surface area contributed by atoms with Gasteiger partial charge in [-0.3, -0.25) is 4.79 Å².